The van der Waals surface area contributed by atoms with Crippen molar-refractivity contribution in [1.29, 1.82) is 0 Å². The summed E-state index contributed by atoms with van der Waals surface area (Å²) in [7, 11) is 0. The van der Waals surface area contributed by atoms with Gasteiger partial charge in [-0.25, -0.2) is 4.39 Å². The fraction of sp³-hybridized carbons (Fsp3) is 0.115. The highest BCUT2D eigenvalue weighted by molar-refractivity contribution is 6.09. The third kappa shape index (κ3) is 4.33. The predicted molar refractivity (Wildman–Crippen MR) is 123 cm³/mol. The molecule has 0 spiro atoms. The Bertz CT molecular complexity index is 1460. The van der Waals surface area contributed by atoms with E-state index in [9.17, 15) is 27.2 Å². The predicted octanol–water partition coefficient (Wildman–Crippen LogP) is 5.95. The van der Waals surface area contributed by atoms with Crippen molar-refractivity contribution in [2.45, 2.75) is 12.6 Å². The molecule has 2 amide bonds. The van der Waals surface area contributed by atoms with Crippen molar-refractivity contribution in [3.8, 4) is 11.3 Å². The molecule has 10 heteroatoms. The van der Waals surface area contributed by atoms with E-state index in [1.807, 2.05) is 24.3 Å². The highest BCUT2D eigenvalue weighted by atomic mass is 19.4. The Labute approximate surface area is 202 Å². The maximum absolute atomic E-state index is 14.0. The van der Waals surface area contributed by atoms with Crippen molar-refractivity contribution in [2.75, 3.05) is 16.8 Å². The standard InChI is InChI=1S/C26H17F4N3O3/c27-21-10-7-17(26(28,29)30)13-20(21)24(34)32-18-8-5-15(6-9-18)25(35)33-12-11-16-14-31-36-23(16)19-3-1-2-4-22(19)33/h1-10,13-14H,11-12H2,(H,32,34). The summed E-state index contributed by atoms with van der Waals surface area (Å²) in [5.74, 6) is -1.80. The molecular weight excluding hydrogens is 478 g/mol. The van der Waals surface area contributed by atoms with Crippen molar-refractivity contribution < 1.29 is 31.7 Å². The Morgan fingerprint density at radius 2 is 1.75 bits per heavy atom. The van der Waals surface area contributed by atoms with E-state index in [4.69, 9.17) is 4.52 Å². The minimum Gasteiger partial charge on any atom is -0.356 e. The van der Waals surface area contributed by atoms with E-state index in [-0.39, 0.29) is 11.6 Å². The fourth-order valence-electron chi connectivity index (χ4n) is 4.05. The van der Waals surface area contributed by atoms with E-state index in [2.05, 4.69) is 10.5 Å². The van der Waals surface area contributed by atoms with Crippen LogP contribution in [0.5, 0.6) is 0 Å². The first-order valence-corrected chi connectivity index (χ1v) is 10.9. The Hall–Kier alpha value is -4.47. The van der Waals surface area contributed by atoms with Crippen molar-refractivity contribution in [3.63, 3.8) is 0 Å². The quantitative estimate of drug-likeness (QED) is 0.356. The average molecular weight is 495 g/mol. The topological polar surface area (TPSA) is 75.4 Å². The number of anilines is 2. The van der Waals surface area contributed by atoms with Crippen LogP contribution in [-0.2, 0) is 12.6 Å². The Balaban J connectivity index is 1.36. The second-order valence-corrected chi connectivity index (χ2v) is 8.13. The molecule has 5 rings (SSSR count). The number of para-hydroxylation sites is 1. The highest BCUT2D eigenvalue weighted by Gasteiger charge is 2.32. The van der Waals surface area contributed by atoms with Gasteiger partial charge in [0.25, 0.3) is 11.8 Å². The van der Waals surface area contributed by atoms with Gasteiger partial charge in [-0.3, -0.25) is 9.59 Å². The zero-order chi connectivity index (χ0) is 25.4. The summed E-state index contributed by atoms with van der Waals surface area (Å²) in [6.45, 7) is 0.386. The lowest BCUT2D eigenvalue weighted by atomic mass is 10.1. The van der Waals surface area contributed by atoms with Crippen molar-refractivity contribution >= 4 is 23.2 Å². The van der Waals surface area contributed by atoms with Crippen LogP contribution in [0.15, 0.2) is 77.4 Å². The molecule has 182 valence electrons. The molecule has 3 aromatic carbocycles. The molecule has 6 nitrogen and oxygen atoms in total. The molecule has 0 radical (unpaired) electrons. The smallest absolute Gasteiger partial charge is 0.356 e. The normalized spacial score (nSPS) is 12.9. The van der Waals surface area contributed by atoms with Gasteiger partial charge in [-0.15, -0.1) is 0 Å². The van der Waals surface area contributed by atoms with E-state index < -0.39 is 29.0 Å². The van der Waals surface area contributed by atoms with E-state index in [1.54, 1.807) is 11.1 Å². The molecule has 1 N–H and O–H groups in total. The molecule has 0 fully saturated rings. The number of hydrogen-bond donors (Lipinski definition) is 1. The van der Waals surface area contributed by atoms with Crippen LogP contribution in [0.1, 0.15) is 31.8 Å². The summed E-state index contributed by atoms with van der Waals surface area (Å²) < 4.78 is 58.3. The van der Waals surface area contributed by atoms with Gasteiger partial charge in [0.1, 0.15) is 5.82 Å². The molecule has 1 aromatic heterocycles. The molecule has 0 bridgehead atoms. The molecule has 0 saturated carbocycles. The molecule has 0 aliphatic carbocycles. The summed E-state index contributed by atoms with van der Waals surface area (Å²) in [6, 6.07) is 14.7. The first kappa shape index (κ1) is 23.3. The SMILES string of the molecule is O=C(Nc1ccc(C(=O)N2CCc3cnoc3-c3ccccc32)cc1)c1cc(C(F)(F)F)ccc1F. The number of aromatic nitrogens is 1. The van der Waals surface area contributed by atoms with Crippen LogP contribution >= 0.6 is 0 Å². The zero-order valence-corrected chi connectivity index (χ0v) is 18.5. The summed E-state index contributed by atoms with van der Waals surface area (Å²) in [5, 5.41) is 6.22. The van der Waals surface area contributed by atoms with E-state index >= 15 is 0 Å². The molecule has 4 aromatic rings. The van der Waals surface area contributed by atoms with Crippen molar-refractivity contribution in [2.24, 2.45) is 0 Å². The second kappa shape index (κ2) is 8.95. The summed E-state index contributed by atoms with van der Waals surface area (Å²) in [5.41, 5.74) is 0.929. The van der Waals surface area contributed by atoms with Crippen molar-refractivity contribution in [3.05, 3.63) is 101 Å². The van der Waals surface area contributed by atoms with Gasteiger partial charge >= 0.3 is 6.18 Å². The zero-order valence-electron chi connectivity index (χ0n) is 18.5. The fourth-order valence-corrected chi connectivity index (χ4v) is 4.05. The third-order valence-electron chi connectivity index (χ3n) is 5.86. The minimum atomic E-state index is -4.72. The third-order valence-corrected chi connectivity index (χ3v) is 5.86. The van der Waals surface area contributed by atoms with Gasteiger partial charge in [0.2, 0.25) is 0 Å². The van der Waals surface area contributed by atoms with E-state index in [1.165, 1.54) is 24.3 Å². The molecule has 0 saturated heterocycles. The number of halogens is 4. The van der Waals surface area contributed by atoms with Gasteiger partial charge in [0, 0.05) is 28.9 Å². The number of benzene rings is 3. The minimum absolute atomic E-state index is 0.190. The maximum Gasteiger partial charge on any atom is 0.416 e. The molecule has 1 aliphatic rings. The monoisotopic (exact) mass is 495 g/mol. The average Bonchev–Trinajstić information content (AvgIpc) is 3.27. The number of carbonyl (C=O) groups is 2. The lowest BCUT2D eigenvalue weighted by Crippen LogP contribution is -2.32. The van der Waals surface area contributed by atoms with Gasteiger partial charge in [-0.2, -0.15) is 13.2 Å². The van der Waals surface area contributed by atoms with Gasteiger partial charge < -0.3 is 14.7 Å². The number of fused-ring (bicyclic) bond motifs is 3. The van der Waals surface area contributed by atoms with Gasteiger partial charge in [-0.1, -0.05) is 17.3 Å². The van der Waals surface area contributed by atoms with E-state index in [0.717, 1.165) is 11.1 Å². The number of nitrogens with zero attached hydrogens (tertiary/aromatic N) is 2. The lowest BCUT2D eigenvalue weighted by molar-refractivity contribution is -0.137. The van der Waals surface area contributed by atoms with Crippen LogP contribution in [0.4, 0.5) is 28.9 Å². The van der Waals surface area contributed by atoms with Crippen LogP contribution in [0.2, 0.25) is 0 Å². The molecular formula is C26H17F4N3O3. The number of amides is 2. The van der Waals surface area contributed by atoms with E-state index in [0.29, 0.717) is 48.2 Å². The van der Waals surface area contributed by atoms with Gasteiger partial charge in [0.05, 0.1) is 23.0 Å². The van der Waals surface area contributed by atoms with Gasteiger partial charge in [0.15, 0.2) is 5.76 Å². The Kier molecular flexibility index (Phi) is 5.79. The summed E-state index contributed by atoms with van der Waals surface area (Å²) in [4.78, 5) is 27.4. The number of nitrogens with one attached hydrogen (secondary N) is 1. The first-order chi connectivity index (χ1) is 17.2. The highest BCUT2D eigenvalue weighted by Crippen LogP contribution is 2.37. The number of alkyl halides is 3. The van der Waals surface area contributed by atoms with Gasteiger partial charge in [-0.05, 0) is 61.0 Å². The van der Waals surface area contributed by atoms with Crippen LogP contribution in [0, 0.1) is 5.82 Å². The molecule has 2 heterocycles. The van der Waals surface area contributed by atoms with Crippen LogP contribution in [0.3, 0.4) is 0 Å². The summed E-state index contributed by atoms with van der Waals surface area (Å²) in [6.07, 6.45) is -2.55. The molecule has 36 heavy (non-hydrogen) atoms. The van der Waals surface area contributed by atoms with Crippen LogP contribution in [0.25, 0.3) is 11.3 Å². The second-order valence-electron chi connectivity index (χ2n) is 8.13. The largest absolute Gasteiger partial charge is 0.416 e. The molecule has 1 aliphatic heterocycles. The Morgan fingerprint density at radius 3 is 2.50 bits per heavy atom. The number of rotatable bonds is 3. The van der Waals surface area contributed by atoms with Crippen LogP contribution in [-0.4, -0.2) is 23.5 Å². The molecule has 0 atom stereocenters. The Morgan fingerprint density at radius 1 is 1.00 bits per heavy atom. The molecule has 0 unspecified atom stereocenters. The number of carbonyl (C=O) groups excluding carboxylic acids is 2. The van der Waals surface area contributed by atoms with Crippen molar-refractivity contribution in [1.82, 2.24) is 5.16 Å². The summed E-state index contributed by atoms with van der Waals surface area (Å²) >= 11 is 0. The maximum atomic E-state index is 14.0. The first-order valence-electron chi connectivity index (χ1n) is 10.9. The number of hydrogen-bond acceptors (Lipinski definition) is 4. The van der Waals surface area contributed by atoms with Crippen LogP contribution < -0.4 is 10.2 Å². The lowest BCUT2D eigenvalue weighted by Gasteiger charge is -2.23.